The summed E-state index contributed by atoms with van der Waals surface area (Å²) >= 11 is 0. The van der Waals surface area contributed by atoms with Crippen molar-refractivity contribution in [3.8, 4) is 0 Å². The van der Waals surface area contributed by atoms with E-state index in [1.807, 2.05) is 13.8 Å². The van der Waals surface area contributed by atoms with Crippen molar-refractivity contribution < 1.29 is 19.1 Å². The van der Waals surface area contributed by atoms with Crippen LogP contribution in [0, 0.1) is 0 Å². The van der Waals surface area contributed by atoms with E-state index in [2.05, 4.69) is 10.1 Å². The maximum atomic E-state index is 11.3. The number of hydrogen-bond acceptors (Lipinski definition) is 4. The molecule has 0 aromatic carbocycles. The molecule has 0 saturated heterocycles. The fourth-order valence-electron chi connectivity index (χ4n) is 0.920. The molecule has 0 aromatic rings. The Bertz CT molecular complexity index is 233. The minimum absolute atomic E-state index is 0.464. The summed E-state index contributed by atoms with van der Waals surface area (Å²) in [6.07, 6.45) is -0.147. The molecule has 5 heteroatoms. The fraction of sp³-hybridized carbons (Fsp3) is 0.833. The molecule has 1 N–H and O–H groups in total. The highest BCUT2D eigenvalue weighted by Gasteiger charge is 2.23. The van der Waals surface area contributed by atoms with Crippen molar-refractivity contribution in [3.05, 3.63) is 0 Å². The van der Waals surface area contributed by atoms with Crippen molar-refractivity contribution >= 4 is 12.1 Å². The standard InChI is InChI=1S/C10H19NO4.C2H6/c1-6-7(8(12)14-5)11-9(13)15-10(2,3)4;1-2/h7H,6H2,1-5H3,(H,11,13);1-2H3/t7-;/m0./s1. The first kappa shape index (κ1) is 18.1. The number of methoxy groups -OCH3 is 1. The van der Waals surface area contributed by atoms with E-state index in [0.29, 0.717) is 6.42 Å². The smallest absolute Gasteiger partial charge is 0.408 e. The molecule has 0 fully saturated rings. The number of alkyl carbamates (subject to hydrolysis) is 1. The van der Waals surface area contributed by atoms with Crippen molar-refractivity contribution in [1.82, 2.24) is 5.32 Å². The third-order valence-electron chi connectivity index (χ3n) is 1.58. The molecule has 5 nitrogen and oxygen atoms in total. The summed E-state index contributed by atoms with van der Waals surface area (Å²) in [6, 6.07) is -0.648. The summed E-state index contributed by atoms with van der Waals surface area (Å²) in [4.78, 5) is 22.5. The summed E-state index contributed by atoms with van der Waals surface area (Å²) in [6.45, 7) is 11.0. The quantitative estimate of drug-likeness (QED) is 0.778. The molecule has 0 spiro atoms. The van der Waals surface area contributed by atoms with Gasteiger partial charge < -0.3 is 14.8 Å². The monoisotopic (exact) mass is 247 g/mol. The zero-order valence-corrected chi connectivity index (χ0v) is 11.9. The van der Waals surface area contributed by atoms with Crippen molar-refractivity contribution in [2.45, 2.75) is 59.6 Å². The highest BCUT2D eigenvalue weighted by atomic mass is 16.6. The first-order valence-electron chi connectivity index (χ1n) is 5.87. The lowest BCUT2D eigenvalue weighted by molar-refractivity contribution is -0.143. The number of rotatable bonds is 3. The second-order valence-electron chi connectivity index (χ2n) is 4.13. The number of carbonyl (C=O) groups is 2. The molecule has 0 rings (SSSR count). The van der Waals surface area contributed by atoms with Crippen LogP contribution >= 0.6 is 0 Å². The van der Waals surface area contributed by atoms with Crippen LogP contribution in [0.15, 0.2) is 0 Å². The largest absolute Gasteiger partial charge is 0.467 e. The Hall–Kier alpha value is -1.26. The Morgan fingerprint density at radius 3 is 2.00 bits per heavy atom. The molecule has 1 atom stereocenters. The molecule has 0 bridgehead atoms. The van der Waals surface area contributed by atoms with Gasteiger partial charge in [0.05, 0.1) is 7.11 Å². The first-order valence-corrected chi connectivity index (χ1v) is 5.87. The van der Waals surface area contributed by atoms with Gasteiger partial charge in [0.15, 0.2) is 0 Å². The zero-order valence-electron chi connectivity index (χ0n) is 11.9. The van der Waals surface area contributed by atoms with E-state index in [1.54, 1.807) is 27.7 Å². The Balaban J connectivity index is 0. The van der Waals surface area contributed by atoms with E-state index in [9.17, 15) is 9.59 Å². The summed E-state index contributed by atoms with van der Waals surface area (Å²) in [5, 5.41) is 2.44. The normalized spacial score (nSPS) is 11.7. The van der Waals surface area contributed by atoms with E-state index in [1.165, 1.54) is 7.11 Å². The predicted molar refractivity (Wildman–Crippen MR) is 66.8 cm³/mol. The van der Waals surface area contributed by atoms with Crippen LogP contribution in [0.5, 0.6) is 0 Å². The molecule has 0 aliphatic heterocycles. The van der Waals surface area contributed by atoms with Crippen molar-refractivity contribution in [3.63, 3.8) is 0 Å². The van der Waals surface area contributed by atoms with Crippen LogP contribution in [0.25, 0.3) is 0 Å². The first-order chi connectivity index (χ1) is 7.80. The maximum Gasteiger partial charge on any atom is 0.408 e. The minimum atomic E-state index is -0.648. The van der Waals surface area contributed by atoms with Crippen molar-refractivity contribution in [2.24, 2.45) is 0 Å². The van der Waals surface area contributed by atoms with Crippen LogP contribution in [0.2, 0.25) is 0 Å². The third kappa shape index (κ3) is 9.66. The molecule has 0 heterocycles. The summed E-state index contributed by atoms with van der Waals surface area (Å²) < 4.78 is 9.53. The lowest BCUT2D eigenvalue weighted by atomic mass is 10.2. The van der Waals surface area contributed by atoms with Gasteiger partial charge >= 0.3 is 12.1 Å². The predicted octanol–water partition coefficient (Wildman–Crippen LogP) is 2.49. The van der Waals surface area contributed by atoms with Crippen molar-refractivity contribution in [2.75, 3.05) is 7.11 Å². The van der Waals surface area contributed by atoms with E-state index in [0.717, 1.165) is 0 Å². The maximum absolute atomic E-state index is 11.3. The Labute approximate surface area is 104 Å². The summed E-state index contributed by atoms with van der Waals surface area (Å²) in [5.41, 5.74) is -0.571. The molecule has 1 amide bonds. The van der Waals surface area contributed by atoms with Crippen molar-refractivity contribution in [1.29, 1.82) is 0 Å². The van der Waals surface area contributed by atoms with Gasteiger partial charge in [0.25, 0.3) is 0 Å². The van der Waals surface area contributed by atoms with Gasteiger partial charge in [0.1, 0.15) is 11.6 Å². The number of nitrogens with one attached hydrogen (secondary N) is 1. The number of amides is 1. The number of ether oxygens (including phenoxy) is 2. The molecular weight excluding hydrogens is 222 g/mol. The van der Waals surface area contributed by atoms with Crippen LogP contribution in [-0.4, -0.2) is 30.8 Å². The van der Waals surface area contributed by atoms with Gasteiger partial charge in [0.2, 0.25) is 0 Å². The average molecular weight is 247 g/mol. The number of esters is 1. The second-order valence-corrected chi connectivity index (χ2v) is 4.13. The highest BCUT2D eigenvalue weighted by molar-refractivity contribution is 5.81. The van der Waals surface area contributed by atoms with Gasteiger partial charge in [-0.05, 0) is 27.2 Å². The third-order valence-corrected chi connectivity index (χ3v) is 1.58. The fourth-order valence-corrected chi connectivity index (χ4v) is 0.920. The number of carbonyl (C=O) groups excluding carboxylic acids is 2. The van der Waals surface area contributed by atoms with Crippen LogP contribution in [0.4, 0.5) is 4.79 Å². The molecular formula is C12H25NO4. The molecule has 0 aliphatic rings. The topological polar surface area (TPSA) is 64.6 Å². The van der Waals surface area contributed by atoms with Gasteiger partial charge in [-0.2, -0.15) is 0 Å². The number of hydrogen-bond donors (Lipinski definition) is 1. The average Bonchev–Trinajstić information content (AvgIpc) is 2.25. The molecule has 0 saturated carbocycles. The van der Waals surface area contributed by atoms with Gasteiger partial charge in [-0.15, -0.1) is 0 Å². The molecule has 0 aliphatic carbocycles. The second kappa shape index (κ2) is 8.84. The van der Waals surface area contributed by atoms with Gasteiger partial charge in [-0.1, -0.05) is 20.8 Å². The Kier molecular flexibility index (Phi) is 9.42. The van der Waals surface area contributed by atoms with Gasteiger partial charge in [0, 0.05) is 0 Å². The Morgan fingerprint density at radius 1 is 1.24 bits per heavy atom. The zero-order chi connectivity index (χ0) is 14.1. The van der Waals surface area contributed by atoms with Crippen LogP contribution in [0.1, 0.15) is 48.0 Å². The Morgan fingerprint density at radius 2 is 1.71 bits per heavy atom. The summed E-state index contributed by atoms with van der Waals surface area (Å²) in [7, 11) is 1.28. The van der Waals surface area contributed by atoms with Crippen LogP contribution < -0.4 is 5.32 Å². The summed E-state index contributed by atoms with van der Waals surface area (Å²) in [5.74, 6) is -0.469. The van der Waals surface area contributed by atoms with E-state index >= 15 is 0 Å². The molecule has 17 heavy (non-hydrogen) atoms. The highest BCUT2D eigenvalue weighted by Crippen LogP contribution is 2.07. The van der Waals surface area contributed by atoms with Gasteiger partial charge in [-0.3, -0.25) is 0 Å². The van der Waals surface area contributed by atoms with E-state index < -0.39 is 23.7 Å². The molecule has 0 radical (unpaired) electrons. The lowest BCUT2D eigenvalue weighted by Gasteiger charge is -2.21. The lowest BCUT2D eigenvalue weighted by Crippen LogP contribution is -2.43. The van der Waals surface area contributed by atoms with E-state index in [-0.39, 0.29) is 0 Å². The van der Waals surface area contributed by atoms with Crippen LogP contribution in [0.3, 0.4) is 0 Å². The van der Waals surface area contributed by atoms with Crippen LogP contribution in [-0.2, 0) is 14.3 Å². The molecule has 0 aromatic heterocycles. The minimum Gasteiger partial charge on any atom is -0.467 e. The molecule has 102 valence electrons. The van der Waals surface area contributed by atoms with E-state index in [4.69, 9.17) is 4.74 Å². The van der Waals surface area contributed by atoms with Gasteiger partial charge in [-0.25, -0.2) is 9.59 Å². The molecule has 0 unspecified atom stereocenters. The SMILES string of the molecule is CC.CC[C@H](NC(=O)OC(C)(C)C)C(=O)OC.